The predicted molar refractivity (Wildman–Crippen MR) is 123 cm³/mol. The molecule has 0 aliphatic carbocycles. The van der Waals surface area contributed by atoms with E-state index in [0.29, 0.717) is 17.2 Å². The maximum atomic E-state index is 13.7. The van der Waals surface area contributed by atoms with Crippen LogP contribution in [0.15, 0.2) is 70.5 Å². The number of thiol groups is 1. The molecule has 4 nitrogen and oxygen atoms in total. The first-order valence-corrected chi connectivity index (χ1v) is 10.9. The molecule has 0 aromatic heterocycles. The quantitative estimate of drug-likeness (QED) is 0.319. The number of halogens is 2. The predicted octanol–water partition coefficient (Wildman–Crippen LogP) is 5.51. The van der Waals surface area contributed by atoms with E-state index in [4.69, 9.17) is 9.84 Å². The van der Waals surface area contributed by atoms with Crippen LogP contribution in [0.2, 0.25) is 0 Å². The van der Waals surface area contributed by atoms with Gasteiger partial charge >= 0.3 is 5.97 Å². The van der Waals surface area contributed by atoms with Crippen LogP contribution in [-0.4, -0.2) is 31.0 Å². The Morgan fingerprint density at radius 2 is 1.81 bits per heavy atom. The summed E-state index contributed by atoms with van der Waals surface area (Å²) in [7, 11) is 1.85. The molecule has 2 N–H and O–H groups in total. The maximum absolute atomic E-state index is 13.7. The molecule has 0 aliphatic heterocycles. The normalized spacial score (nSPS) is 10.2. The number of benzene rings is 3. The van der Waals surface area contributed by atoms with Crippen LogP contribution in [0.5, 0.6) is 5.75 Å². The zero-order valence-corrected chi connectivity index (χ0v) is 18.8. The summed E-state index contributed by atoms with van der Waals surface area (Å²) >= 11 is 5.29. The molecule has 0 aliphatic rings. The van der Waals surface area contributed by atoms with Crippen molar-refractivity contribution in [3.05, 3.63) is 77.9 Å². The molecule has 0 spiro atoms. The van der Waals surface area contributed by atoms with Gasteiger partial charge in [0.25, 0.3) is 0 Å². The van der Waals surface area contributed by atoms with E-state index in [1.54, 1.807) is 30.3 Å². The molecule has 0 heterocycles. The van der Waals surface area contributed by atoms with Gasteiger partial charge in [-0.2, -0.15) is 0 Å². The first-order valence-electron chi connectivity index (χ1n) is 9.24. The SMILES string of the molecule is CNCc1ccc(OCC(=O)O)c(-c2ccc(F)c(SC)c2)c1.Fc1ccc(S)cc1. The number of hydrogen-bond donors (Lipinski definition) is 3. The van der Waals surface area contributed by atoms with Gasteiger partial charge in [-0.15, -0.1) is 24.4 Å². The zero-order valence-electron chi connectivity index (χ0n) is 17.1. The minimum absolute atomic E-state index is 0.220. The highest BCUT2D eigenvalue weighted by atomic mass is 32.2. The summed E-state index contributed by atoms with van der Waals surface area (Å²) in [5.41, 5.74) is 2.56. The van der Waals surface area contributed by atoms with E-state index in [9.17, 15) is 13.6 Å². The third kappa shape index (κ3) is 7.90. The van der Waals surface area contributed by atoms with Crippen LogP contribution in [-0.2, 0) is 11.3 Å². The van der Waals surface area contributed by atoms with Gasteiger partial charge in [0, 0.05) is 21.9 Å². The van der Waals surface area contributed by atoms with Crippen LogP contribution in [0, 0.1) is 11.6 Å². The van der Waals surface area contributed by atoms with Crippen LogP contribution in [0.1, 0.15) is 5.56 Å². The van der Waals surface area contributed by atoms with E-state index in [2.05, 4.69) is 17.9 Å². The van der Waals surface area contributed by atoms with Crippen molar-refractivity contribution >= 4 is 30.4 Å². The average Bonchev–Trinajstić information content (AvgIpc) is 2.76. The summed E-state index contributed by atoms with van der Waals surface area (Å²) in [6, 6.07) is 16.3. The second-order valence-electron chi connectivity index (χ2n) is 6.37. The average molecular weight is 464 g/mol. The minimum atomic E-state index is -1.04. The van der Waals surface area contributed by atoms with Crippen molar-refractivity contribution in [2.45, 2.75) is 16.3 Å². The molecule has 3 aromatic rings. The van der Waals surface area contributed by atoms with Crippen LogP contribution < -0.4 is 10.1 Å². The lowest BCUT2D eigenvalue weighted by molar-refractivity contribution is -0.139. The molecular formula is C23H23F2NO3S2. The van der Waals surface area contributed by atoms with Gasteiger partial charge in [-0.05, 0) is 73.0 Å². The Morgan fingerprint density at radius 3 is 2.39 bits per heavy atom. The number of thioether (sulfide) groups is 1. The van der Waals surface area contributed by atoms with E-state index < -0.39 is 12.6 Å². The van der Waals surface area contributed by atoms with Crippen molar-refractivity contribution in [2.24, 2.45) is 0 Å². The highest BCUT2D eigenvalue weighted by molar-refractivity contribution is 7.98. The van der Waals surface area contributed by atoms with E-state index >= 15 is 0 Å². The summed E-state index contributed by atoms with van der Waals surface area (Å²) in [5.74, 6) is -1.08. The number of aliphatic carboxylic acids is 1. The third-order valence-corrected chi connectivity index (χ3v) is 5.12. The highest BCUT2D eigenvalue weighted by Gasteiger charge is 2.12. The number of rotatable bonds is 7. The lowest BCUT2D eigenvalue weighted by Crippen LogP contribution is -2.10. The molecule has 0 atom stereocenters. The van der Waals surface area contributed by atoms with Gasteiger partial charge in [0.15, 0.2) is 6.61 Å². The number of carbonyl (C=O) groups is 1. The molecule has 164 valence electrons. The first-order chi connectivity index (χ1) is 14.8. The lowest BCUT2D eigenvalue weighted by atomic mass is 10.0. The molecule has 0 saturated heterocycles. The topological polar surface area (TPSA) is 58.6 Å². The summed E-state index contributed by atoms with van der Waals surface area (Å²) in [4.78, 5) is 12.1. The van der Waals surface area contributed by atoms with E-state index in [1.165, 1.54) is 30.0 Å². The van der Waals surface area contributed by atoms with Gasteiger partial charge in [-0.25, -0.2) is 13.6 Å². The minimum Gasteiger partial charge on any atom is -0.481 e. The van der Waals surface area contributed by atoms with Crippen LogP contribution in [0.4, 0.5) is 8.78 Å². The van der Waals surface area contributed by atoms with Crippen molar-refractivity contribution in [3.8, 4) is 16.9 Å². The smallest absolute Gasteiger partial charge is 0.341 e. The molecule has 0 radical (unpaired) electrons. The van der Waals surface area contributed by atoms with Crippen molar-refractivity contribution in [3.63, 3.8) is 0 Å². The van der Waals surface area contributed by atoms with Crippen LogP contribution >= 0.6 is 24.4 Å². The zero-order chi connectivity index (χ0) is 22.8. The van der Waals surface area contributed by atoms with Gasteiger partial charge < -0.3 is 15.2 Å². The molecule has 31 heavy (non-hydrogen) atoms. The molecule has 0 saturated carbocycles. The molecule has 3 aromatic carbocycles. The third-order valence-electron chi connectivity index (χ3n) is 4.06. The second-order valence-corrected chi connectivity index (χ2v) is 7.73. The van der Waals surface area contributed by atoms with Gasteiger partial charge in [-0.1, -0.05) is 12.1 Å². The number of ether oxygens (including phenoxy) is 1. The van der Waals surface area contributed by atoms with Crippen molar-refractivity contribution in [1.82, 2.24) is 5.32 Å². The van der Waals surface area contributed by atoms with Crippen LogP contribution in [0.3, 0.4) is 0 Å². The summed E-state index contributed by atoms with van der Waals surface area (Å²) in [5, 5.41) is 11.9. The maximum Gasteiger partial charge on any atom is 0.341 e. The lowest BCUT2D eigenvalue weighted by Gasteiger charge is -2.13. The number of hydrogen-bond acceptors (Lipinski definition) is 5. The summed E-state index contributed by atoms with van der Waals surface area (Å²) in [6.07, 6.45) is 1.81. The van der Waals surface area contributed by atoms with Crippen molar-refractivity contribution < 1.29 is 23.4 Å². The van der Waals surface area contributed by atoms with Gasteiger partial charge in [0.05, 0.1) is 0 Å². The standard InChI is InChI=1S/C17H18FNO3S.C6H5FS/c1-19-9-11-3-6-15(22-10-17(20)21)13(7-11)12-4-5-14(18)16(8-12)23-2;7-5-1-3-6(8)4-2-5/h3-8,19H,9-10H2,1-2H3,(H,20,21);1-4,8H. The number of nitrogens with one attached hydrogen (secondary N) is 1. The van der Waals surface area contributed by atoms with Crippen LogP contribution in [0.25, 0.3) is 11.1 Å². The summed E-state index contributed by atoms with van der Waals surface area (Å²) < 4.78 is 31.1. The summed E-state index contributed by atoms with van der Waals surface area (Å²) in [6.45, 7) is 0.248. The monoisotopic (exact) mass is 463 g/mol. The molecule has 0 amide bonds. The molecule has 0 fully saturated rings. The van der Waals surface area contributed by atoms with Crippen molar-refractivity contribution in [1.29, 1.82) is 0 Å². The second kappa shape index (κ2) is 12.3. The van der Waals surface area contributed by atoms with E-state index in [1.807, 2.05) is 25.4 Å². The fourth-order valence-corrected chi connectivity index (χ4v) is 3.31. The molecule has 8 heteroatoms. The fourth-order valence-electron chi connectivity index (χ4n) is 2.65. The fraction of sp³-hybridized carbons (Fsp3) is 0.174. The van der Waals surface area contributed by atoms with Gasteiger partial charge in [0.2, 0.25) is 0 Å². The van der Waals surface area contributed by atoms with Gasteiger partial charge in [0.1, 0.15) is 17.4 Å². The van der Waals surface area contributed by atoms with E-state index in [-0.39, 0.29) is 11.6 Å². The van der Waals surface area contributed by atoms with Gasteiger partial charge in [-0.3, -0.25) is 0 Å². The Kier molecular flexibility index (Phi) is 9.84. The number of carboxylic acids is 1. The molecule has 0 unspecified atom stereocenters. The molecular weight excluding hydrogens is 440 g/mol. The number of carboxylic acid groups (broad SMARTS) is 1. The van der Waals surface area contributed by atoms with Crippen molar-refractivity contribution in [2.75, 3.05) is 19.9 Å². The Labute approximate surface area is 190 Å². The van der Waals surface area contributed by atoms with E-state index in [0.717, 1.165) is 21.6 Å². The highest BCUT2D eigenvalue weighted by Crippen LogP contribution is 2.34. The Balaban J connectivity index is 0.000000357. The Morgan fingerprint density at radius 1 is 1.10 bits per heavy atom. The largest absolute Gasteiger partial charge is 0.481 e. The molecule has 3 rings (SSSR count). The molecule has 0 bridgehead atoms. The Hall–Kier alpha value is -2.55. The first kappa shape index (κ1) is 24.7. The Bertz CT molecular complexity index is 993.